The van der Waals surface area contributed by atoms with Gasteiger partial charge >= 0.3 is 11.9 Å². The van der Waals surface area contributed by atoms with Gasteiger partial charge in [-0.05, 0) is 23.9 Å². The van der Waals surface area contributed by atoms with Crippen molar-refractivity contribution in [3.05, 3.63) is 34.7 Å². The molecule has 21 heavy (non-hydrogen) atoms. The normalized spacial score (nSPS) is 12.0. The molecular formula is C14H13NO5S. The lowest BCUT2D eigenvalue weighted by molar-refractivity contribution is -0.145. The number of nitrogens with one attached hydrogen (secondary N) is 1. The summed E-state index contributed by atoms with van der Waals surface area (Å²) in [5.74, 6) is -3.22. The lowest BCUT2D eigenvalue weighted by atomic mass is 10.1. The lowest BCUT2D eigenvalue weighted by Crippen LogP contribution is -2.42. The van der Waals surface area contributed by atoms with E-state index in [0.717, 1.165) is 15.6 Å². The number of hydrogen-bond donors (Lipinski definition) is 3. The highest BCUT2D eigenvalue weighted by Gasteiger charge is 2.25. The standard InChI is InChI=1S/C14H13NO5S/c1-7-8-4-2-3-5-10(8)21-12(7)13(18)15-9(14(19)20)6-11(16)17/h2-5,9H,6H2,1H3,(H,15,18)(H,16,17)(H,19,20)/t9-/m1/s1. The Bertz CT molecular complexity index is 721. The van der Waals surface area contributed by atoms with E-state index in [4.69, 9.17) is 10.2 Å². The molecule has 0 unspecified atom stereocenters. The van der Waals surface area contributed by atoms with Crippen molar-refractivity contribution in [1.82, 2.24) is 5.32 Å². The maximum atomic E-state index is 12.2. The van der Waals surface area contributed by atoms with Gasteiger partial charge < -0.3 is 15.5 Å². The molecule has 0 aliphatic rings. The third kappa shape index (κ3) is 3.19. The van der Waals surface area contributed by atoms with Gasteiger partial charge in [-0.3, -0.25) is 9.59 Å². The first-order valence-corrected chi connectivity index (χ1v) is 6.95. The zero-order valence-electron chi connectivity index (χ0n) is 11.1. The maximum absolute atomic E-state index is 12.2. The summed E-state index contributed by atoms with van der Waals surface area (Å²) in [5, 5.41) is 20.8. The number of carboxylic acid groups (broad SMARTS) is 2. The molecular weight excluding hydrogens is 294 g/mol. The minimum absolute atomic E-state index is 0.396. The summed E-state index contributed by atoms with van der Waals surface area (Å²) in [4.78, 5) is 34.2. The lowest BCUT2D eigenvalue weighted by Gasteiger charge is -2.11. The predicted molar refractivity (Wildman–Crippen MR) is 77.7 cm³/mol. The Morgan fingerprint density at radius 1 is 1.24 bits per heavy atom. The van der Waals surface area contributed by atoms with Crippen molar-refractivity contribution >= 4 is 39.3 Å². The van der Waals surface area contributed by atoms with Crippen LogP contribution in [0.2, 0.25) is 0 Å². The number of fused-ring (bicyclic) bond motifs is 1. The predicted octanol–water partition coefficient (Wildman–Crippen LogP) is 1.87. The number of benzene rings is 1. The Hall–Kier alpha value is -2.41. The Labute approximate surface area is 124 Å². The number of hydrogen-bond acceptors (Lipinski definition) is 4. The second kappa shape index (κ2) is 5.92. The highest BCUT2D eigenvalue weighted by molar-refractivity contribution is 7.21. The summed E-state index contributed by atoms with van der Waals surface area (Å²) >= 11 is 1.25. The van der Waals surface area contributed by atoms with Crippen molar-refractivity contribution in [3.63, 3.8) is 0 Å². The molecule has 0 aliphatic carbocycles. The third-order valence-corrected chi connectivity index (χ3v) is 4.30. The van der Waals surface area contributed by atoms with Crippen LogP contribution in [0.1, 0.15) is 21.7 Å². The molecule has 0 bridgehead atoms. The fourth-order valence-electron chi connectivity index (χ4n) is 1.99. The van der Waals surface area contributed by atoms with Gasteiger partial charge in [0, 0.05) is 4.70 Å². The number of carboxylic acids is 2. The van der Waals surface area contributed by atoms with Crippen molar-refractivity contribution in [3.8, 4) is 0 Å². The quantitative estimate of drug-likeness (QED) is 0.782. The Morgan fingerprint density at radius 2 is 1.90 bits per heavy atom. The van der Waals surface area contributed by atoms with Crippen molar-refractivity contribution in [2.24, 2.45) is 0 Å². The van der Waals surface area contributed by atoms with Crippen LogP contribution in [0.3, 0.4) is 0 Å². The minimum atomic E-state index is -1.44. The molecule has 2 rings (SSSR count). The summed E-state index contributed by atoms with van der Waals surface area (Å²) in [5.41, 5.74) is 0.757. The SMILES string of the molecule is Cc1c(C(=O)N[C@H](CC(=O)O)C(=O)O)sc2ccccc12. The van der Waals surface area contributed by atoms with E-state index in [1.165, 1.54) is 11.3 Å². The number of thiophene rings is 1. The molecule has 1 atom stereocenters. The Kier molecular flexibility index (Phi) is 4.23. The number of aliphatic carboxylic acids is 2. The van der Waals surface area contributed by atoms with E-state index in [1.54, 1.807) is 6.92 Å². The monoisotopic (exact) mass is 307 g/mol. The molecule has 0 fully saturated rings. The van der Waals surface area contributed by atoms with Gasteiger partial charge in [-0.1, -0.05) is 18.2 Å². The van der Waals surface area contributed by atoms with E-state index < -0.39 is 30.3 Å². The fourth-order valence-corrected chi connectivity index (χ4v) is 3.10. The second-order valence-corrected chi connectivity index (χ2v) is 5.57. The van der Waals surface area contributed by atoms with E-state index in [2.05, 4.69) is 5.32 Å². The topological polar surface area (TPSA) is 104 Å². The average molecular weight is 307 g/mol. The Balaban J connectivity index is 2.27. The van der Waals surface area contributed by atoms with Crippen molar-refractivity contribution in [2.75, 3.05) is 0 Å². The zero-order valence-corrected chi connectivity index (χ0v) is 11.9. The first-order valence-electron chi connectivity index (χ1n) is 6.13. The molecule has 0 spiro atoms. The highest BCUT2D eigenvalue weighted by Crippen LogP contribution is 2.30. The molecule has 0 saturated heterocycles. The third-order valence-electron chi connectivity index (χ3n) is 3.03. The van der Waals surface area contributed by atoms with Crippen LogP contribution < -0.4 is 5.32 Å². The first-order chi connectivity index (χ1) is 9.90. The minimum Gasteiger partial charge on any atom is -0.481 e. The van der Waals surface area contributed by atoms with Gasteiger partial charge in [-0.25, -0.2) is 4.79 Å². The van der Waals surface area contributed by atoms with Gasteiger partial charge in [-0.15, -0.1) is 11.3 Å². The van der Waals surface area contributed by atoms with E-state index in [9.17, 15) is 14.4 Å². The largest absolute Gasteiger partial charge is 0.481 e. The van der Waals surface area contributed by atoms with Gasteiger partial charge in [0.15, 0.2) is 0 Å². The molecule has 1 aromatic heterocycles. The number of carbonyl (C=O) groups excluding carboxylic acids is 1. The first kappa shape index (κ1) is 15.0. The number of aryl methyl sites for hydroxylation is 1. The van der Waals surface area contributed by atoms with Crippen molar-refractivity contribution in [2.45, 2.75) is 19.4 Å². The number of carbonyl (C=O) groups is 3. The molecule has 7 heteroatoms. The van der Waals surface area contributed by atoms with Crippen LogP contribution >= 0.6 is 11.3 Å². The van der Waals surface area contributed by atoms with Crippen LogP contribution in [0.15, 0.2) is 24.3 Å². The van der Waals surface area contributed by atoms with E-state index in [0.29, 0.717) is 4.88 Å². The van der Waals surface area contributed by atoms with Gasteiger partial charge in [0.05, 0.1) is 11.3 Å². The van der Waals surface area contributed by atoms with Gasteiger partial charge in [0.2, 0.25) is 0 Å². The molecule has 0 aliphatic heterocycles. The Morgan fingerprint density at radius 3 is 2.48 bits per heavy atom. The van der Waals surface area contributed by atoms with E-state index in [-0.39, 0.29) is 0 Å². The summed E-state index contributed by atoms with van der Waals surface area (Å²) in [6, 6.07) is 6.01. The van der Waals surface area contributed by atoms with E-state index >= 15 is 0 Å². The van der Waals surface area contributed by atoms with Gasteiger partial charge in [-0.2, -0.15) is 0 Å². The molecule has 1 heterocycles. The van der Waals surface area contributed by atoms with Crippen LogP contribution in [-0.4, -0.2) is 34.1 Å². The van der Waals surface area contributed by atoms with Gasteiger partial charge in [0.1, 0.15) is 6.04 Å². The van der Waals surface area contributed by atoms with Crippen LogP contribution in [0.5, 0.6) is 0 Å². The average Bonchev–Trinajstić information content (AvgIpc) is 2.75. The van der Waals surface area contributed by atoms with Gasteiger partial charge in [0.25, 0.3) is 5.91 Å². The van der Waals surface area contributed by atoms with Crippen LogP contribution in [0, 0.1) is 6.92 Å². The number of amides is 1. The smallest absolute Gasteiger partial charge is 0.326 e. The molecule has 0 radical (unpaired) electrons. The van der Waals surface area contributed by atoms with Crippen molar-refractivity contribution in [1.29, 1.82) is 0 Å². The van der Waals surface area contributed by atoms with Crippen LogP contribution in [0.25, 0.3) is 10.1 Å². The summed E-state index contributed by atoms with van der Waals surface area (Å²) in [6.45, 7) is 1.78. The van der Waals surface area contributed by atoms with Crippen LogP contribution in [0.4, 0.5) is 0 Å². The molecule has 3 N–H and O–H groups in total. The molecule has 0 saturated carbocycles. The molecule has 1 aromatic carbocycles. The molecule has 2 aromatic rings. The highest BCUT2D eigenvalue weighted by atomic mass is 32.1. The molecule has 6 nitrogen and oxygen atoms in total. The molecule has 110 valence electrons. The second-order valence-electron chi connectivity index (χ2n) is 4.51. The summed E-state index contributed by atoms with van der Waals surface area (Å²) in [7, 11) is 0. The zero-order chi connectivity index (χ0) is 15.6. The summed E-state index contributed by atoms with van der Waals surface area (Å²) < 4.78 is 0.922. The maximum Gasteiger partial charge on any atom is 0.326 e. The fraction of sp³-hybridized carbons (Fsp3) is 0.214. The summed E-state index contributed by atoms with van der Waals surface area (Å²) in [6.07, 6.45) is -0.662. The van der Waals surface area contributed by atoms with Crippen LogP contribution in [-0.2, 0) is 9.59 Å². The van der Waals surface area contributed by atoms with E-state index in [1.807, 2.05) is 24.3 Å². The van der Waals surface area contributed by atoms with Crippen molar-refractivity contribution < 1.29 is 24.6 Å². The molecule has 1 amide bonds. The number of rotatable bonds is 5.